The predicted molar refractivity (Wildman–Crippen MR) is 103 cm³/mol. The van der Waals surface area contributed by atoms with Gasteiger partial charge in [-0.1, -0.05) is 110 Å². The summed E-state index contributed by atoms with van der Waals surface area (Å²) in [6.45, 7) is 2.29. The van der Waals surface area contributed by atoms with Crippen molar-refractivity contribution in [3.05, 3.63) is 0 Å². The summed E-state index contributed by atoms with van der Waals surface area (Å²) in [5, 5.41) is 0. The molecule has 142 valence electrons. The largest absolute Gasteiger partial charge is 0.462 e. The number of esters is 1. The molecule has 1 atom stereocenters. The fourth-order valence-electron chi connectivity index (χ4n) is 3.62. The van der Waals surface area contributed by atoms with Crippen LogP contribution in [0.25, 0.3) is 0 Å². The highest BCUT2D eigenvalue weighted by Crippen LogP contribution is 2.20. The lowest BCUT2D eigenvalue weighted by atomic mass is 10.0. The van der Waals surface area contributed by atoms with Crippen molar-refractivity contribution in [2.24, 2.45) is 0 Å². The van der Waals surface area contributed by atoms with Crippen LogP contribution in [0, 0.1) is 0 Å². The molecule has 0 aliphatic carbocycles. The van der Waals surface area contributed by atoms with E-state index in [0.717, 1.165) is 6.42 Å². The Bertz CT molecular complexity index is 280. The fraction of sp³-hybridized carbons (Fsp3) is 0.955. The van der Waals surface area contributed by atoms with Crippen LogP contribution in [0.1, 0.15) is 129 Å². The van der Waals surface area contributed by atoms with Crippen molar-refractivity contribution in [3.8, 4) is 0 Å². The van der Waals surface area contributed by atoms with Crippen LogP contribution in [-0.4, -0.2) is 12.1 Å². The molecular weight excluding hydrogens is 296 g/mol. The Hall–Kier alpha value is -0.530. The minimum absolute atomic E-state index is 0.00743. The molecule has 2 nitrogen and oxygen atoms in total. The Morgan fingerprint density at radius 3 is 1.33 bits per heavy atom. The zero-order chi connectivity index (χ0) is 17.3. The standard InChI is InChI=1S/C22H42O2/c1-2-3-4-5-6-7-8-9-10-11-12-13-14-15-16-17-18-19-21-20-22(23)24-21/h21H,2-20H2,1H3. The van der Waals surface area contributed by atoms with E-state index >= 15 is 0 Å². The first-order valence-electron chi connectivity index (χ1n) is 11.0. The molecule has 1 aliphatic rings. The Kier molecular flexibility index (Phi) is 14.3. The van der Waals surface area contributed by atoms with Gasteiger partial charge in [-0.25, -0.2) is 0 Å². The first-order chi connectivity index (χ1) is 11.8. The number of unbranched alkanes of at least 4 members (excludes halogenated alkanes) is 16. The van der Waals surface area contributed by atoms with Crippen LogP contribution in [0.5, 0.6) is 0 Å². The number of hydrogen-bond donors (Lipinski definition) is 0. The van der Waals surface area contributed by atoms with E-state index in [1.807, 2.05) is 0 Å². The Morgan fingerprint density at radius 2 is 1.00 bits per heavy atom. The Labute approximate surface area is 151 Å². The normalized spacial score (nSPS) is 16.9. The molecule has 24 heavy (non-hydrogen) atoms. The van der Waals surface area contributed by atoms with Gasteiger partial charge in [0.25, 0.3) is 0 Å². The predicted octanol–water partition coefficient (Wildman–Crippen LogP) is 7.34. The summed E-state index contributed by atoms with van der Waals surface area (Å²) in [4.78, 5) is 10.7. The maximum atomic E-state index is 10.7. The molecule has 1 unspecified atom stereocenters. The molecule has 0 aromatic carbocycles. The molecule has 0 saturated carbocycles. The van der Waals surface area contributed by atoms with Gasteiger partial charge in [-0.05, 0) is 12.8 Å². The number of cyclic esters (lactones) is 1. The maximum Gasteiger partial charge on any atom is 0.309 e. The van der Waals surface area contributed by atoms with Gasteiger partial charge in [0, 0.05) is 0 Å². The summed E-state index contributed by atoms with van der Waals surface area (Å²) >= 11 is 0. The van der Waals surface area contributed by atoms with E-state index in [4.69, 9.17) is 4.74 Å². The molecular formula is C22H42O2. The third-order valence-electron chi connectivity index (χ3n) is 5.32. The Balaban J connectivity index is 1.63. The number of carbonyl (C=O) groups is 1. The van der Waals surface area contributed by atoms with Crippen LogP contribution >= 0.6 is 0 Å². The van der Waals surface area contributed by atoms with Crippen LogP contribution in [0.2, 0.25) is 0 Å². The van der Waals surface area contributed by atoms with Crippen molar-refractivity contribution in [3.63, 3.8) is 0 Å². The van der Waals surface area contributed by atoms with E-state index in [2.05, 4.69) is 6.92 Å². The van der Waals surface area contributed by atoms with E-state index in [0.29, 0.717) is 6.42 Å². The van der Waals surface area contributed by atoms with Crippen molar-refractivity contribution < 1.29 is 9.53 Å². The molecule has 0 amide bonds. The van der Waals surface area contributed by atoms with Gasteiger partial charge in [0.15, 0.2) is 0 Å². The van der Waals surface area contributed by atoms with Crippen molar-refractivity contribution in [1.29, 1.82) is 0 Å². The van der Waals surface area contributed by atoms with Gasteiger partial charge in [0.2, 0.25) is 0 Å². The van der Waals surface area contributed by atoms with Crippen LogP contribution in [-0.2, 0) is 9.53 Å². The summed E-state index contributed by atoms with van der Waals surface area (Å²) in [6, 6.07) is 0. The van der Waals surface area contributed by atoms with Gasteiger partial charge >= 0.3 is 5.97 Å². The van der Waals surface area contributed by atoms with Gasteiger partial charge in [-0.3, -0.25) is 4.79 Å². The highest BCUT2D eigenvalue weighted by atomic mass is 16.6. The number of rotatable bonds is 18. The first-order valence-corrected chi connectivity index (χ1v) is 11.0. The molecule has 2 heteroatoms. The van der Waals surface area contributed by atoms with Crippen LogP contribution in [0.4, 0.5) is 0 Å². The van der Waals surface area contributed by atoms with E-state index in [-0.39, 0.29) is 12.1 Å². The summed E-state index contributed by atoms with van der Waals surface area (Å²) in [5.74, 6) is -0.00743. The summed E-state index contributed by atoms with van der Waals surface area (Å²) in [7, 11) is 0. The molecule has 1 aliphatic heterocycles. The van der Waals surface area contributed by atoms with Gasteiger partial charge in [-0.15, -0.1) is 0 Å². The molecule has 1 fully saturated rings. The zero-order valence-electron chi connectivity index (χ0n) is 16.3. The van der Waals surface area contributed by atoms with E-state index in [9.17, 15) is 4.79 Å². The number of ether oxygens (including phenoxy) is 1. The topological polar surface area (TPSA) is 26.3 Å². The zero-order valence-corrected chi connectivity index (χ0v) is 16.3. The van der Waals surface area contributed by atoms with E-state index in [1.54, 1.807) is 0 Å². The molecule has 0 aromatic heterocycles. The smallest absolute Gasteiger partial charge is 0.309 e. The van der Waals surface area contributed by atoms with E-state index < -0.39 is 0 Å². The third-order valence-corrected chi connectivity index (χ3v) is 5.32. The number of carbonyl (C=O) groups excluding carboxylic acids is 1. The average molecular weight is 339 g/mol. The van der Waals surface area contributed by atoms with Crippen molar-refractivity contribution in [2.45, 2.75) is 135 Å². The molecule has 1 heterocycles. The molecule has 0 radical (unpaired) electrons. The second-order valence-corrected chi connectivity index (χ2v) is 7.76. The molecule has 0 N–H and O–H groups in total. The summed E-state index contributed by atoms with van der Waals surface area (Å²) in [5.41, 5.74) is 0. The number of hydrogen-bond acceptors (Lipinski definition) is 2. The van der Waals surface area contributed by atoms with Gasteiger partial charge in [0.05, 0.1) is 6.42 Å². The summed E-state index contributed by atoms with van der Waals surface area (Å²) < 4.78 is 5.03. The molecule has 0 spiro atoms. The monoisotopic (exact) mass is 338 g/mol. The SMILES string of the molecule is CCCCCCCCCCCCCCCCCCCC1CC(=O)O1. The second-order valence-electron chi connectivity index (χ2n) is 7.76. The maximum absolute atomic E-state index is 10.7. The van der Waals surface area contributed by atoms with Crippen LogP contribution in [0.3, 0.4) is 0 Å². The van der Waals surface area contributed by atoms with Gasteiger partial charge < -0.3 is 4.74 Å². The minimum atomic E-state index is -0.00743. The fourth-order valence-corrected chi connectivity index (χ4v) is 3.62. The highest BCUT2D eigenvalue weighted by molar-refractivity contribution is 5.75. The first kappa shape index (κ1) is 21.5. The molecule has 1 rings (SSSR count). The summed E-state index contributed by atoms with van der Waals surface area (Å²) in [6.07, 6.45) is 26.0. The van der Waals surface area contributed by atoms with Crippen LogP contribution < -0.4 is 0 Å². The minimum Gasteiger partial charge on any atom is -0.462 e. The van der Waals surface area contributed by atoms with E-state index in [1.165, 1.54) is 109 Å². The quantitative estimate of drug-likeness (QED) is 0.193. The van der Waals surface area contributed by atoms with Crippen LogP contribution in [0.15, 0.2) is 0 Å². The lowest BCUT2D eigenvalue weighted by molar-refractivity contribution is -0.169. The van der Waals surface area contributed by atoms with Crippen molar-refractivity contribution in [2.75, 3.05) is 0 Å². The molecule has 0 aromatic rings. The Morgan fingerprint density at radius 1 is 0.667 bits per heavy atom. The second kappa shape index (κ2) is 16.0. The van der Waals surface area contributed by atoms with Crippen molar-refractivity contribution >= 4 is 5.97 Å². The van der Waals surface area contributed by atoms with Crippen molar-refractivity contribution in [1.82, 2.24) is 0 Å². The molecule has 1 saturated heterocycles. The third kappa shape index (κ3) is 12.8. The lowest BCUT2D eigenvalue weighted by Crippen LogP contribution is -2.32. The molecule has 0 bridgehead atoms. The van der Waals surface area contributed by atoms with Gasteiger partial charge in [-0.2, -0.15) is 0 Å². The van der Waals surface area contributed by atoms with Gasteiger partial charge in [0.1, 0.15) is 6.10 Å². The average Bonchev–Trinajstić information content (AvgIpc) is 2.55. The lowest BCUT2D eigenvalue weighted by Gasteiger charge is -2.25. The highest BCUT2D eigenvalue weighted by Gasteiger charge is 2.27.